The monoisotopic (exact) mass is 399 g/mol. The normalized spacial score (nSPS) is 11.6. The molecule has 1 aromatic heterocycles. The summed E-state index contributed by atoms with van der Waals surface area (Å²) < 4.78 is 0. The molecular formula is C28H49N. The van der Waals surface area contributed by atoms with Gasteiger partial charge in [0.05, 0.1) is 0 Å². The molecule has 1 heteroatoms. The molecule has 166 valence electrons. The van der Waals surface area contributed by atoms with Crippen molar-refractivity contribution in [2.24, 2.45) is 5.41 Å². The number of nitrogens with zero attached hydrogens (tertiary/aromatic N) is 1. The minimum atomic E-state index is 0.750. The van der Waals surface area contributed by atoms with Crippen molar-refractivity contribution in [3.05, 3.63) is 77.1 Å². The Balaban J connectivity index is -0.000000309. The maximum absolute atomic E-state index is 4.08. The van der Waals surface area contributed by atoms with Crippen LogP contribution in [0.3, 0.4) is 0 Å². The molecule has 0 amide bonds. The number of hydrogen-bond acceptors (Lipinski definition) is 1. The van der Waals surface area contributed by atoms with E-state index in [0.29, 0.717) is 0 Å². The highest BCUT2D eigenvalue weighted by Crippen LogP contribution is 2.43. The van der Waals surface area contributed by atoms with Crippen molar-refractivity contribution in [2.75, 3.05) is 0 Å². The van der Waals surface area contributed by atoms with Gasteiger partial charge in [-0.1, -0.05) is 77.4 Å². The molecule has 0 radical (unpaired) electrons. The summed E-state index contributed by atoms with van der Waals surface area (Å²) in [4.78, 5) is 4.08. The number of pyridine rings is 1. The first-order valence-corrected chi connectivity index (χ1v) is 11.1. The van der Waals surface area contributed by atoms with Crippen molar-refractivity contribution in [2.45, 2.75) is 95.9 Å². The van der Waals surface area contributed by atoms with Gasteiger partial charge in [-0.25, -0.2) is 0 Å². The predicted molar refractivity (Wildman–Crippen MR) is 136 cm³/mol. The lowest BCUT2D eigenvalue weighted by Crippen LogP contribution is -1.79. The lowest BCUT2D eigenvalue weighted by molar-refractivity contribution is 0.653. The SMILES string of the molecule is C=CC.CC.CC.CC1(C)CC1.Cc1ccc(C)c(C)c1.Cc1ccc(C)nc1. The standard InChI is InChI=1S/C9H12.C7H9N.C5H10.C3H6.2C2H6/c1-7-4-5-8(2)9(3)6-7;1-6-3-4-7(2)8-5-6;1-5(2)3-4-5;1-3-2;2*1-2/h4-6H,1-3H3;3-5H,1-2H3;3-4H2,1-2H3;3H,1H2,2H3;2*1-2H3. The molecule has 1 fully saturated rings. The van der Waals surface area contributed by atoms with Gasteiger partial charge in [0.25, 0.3) is 0 Å². The van der Waals surface area contributed by atoms with Crippen LogP contribution in [0.1, 0.15) is 89.3 Å². The summed E-state index contributed by atoms with van der Waals surface area (Å²) in [6, 6.07) is 10.6. The molecule has 1 nitrogen and oxygen atoms in total. The van der Waals surface area contributed by atoms with Crippen molar-refractivity contribution in [3.8, 4) is 0 Å². The molecule has 0 spiro atoms. The van der Waals surface area contributed by atoms with Gasteiger partial charge in [0.1, 0.15) is 0 Å². The van der Waals surface area contributed by atoms with Crippen LogP contribution < -0.4 is 0 Å². The number of benzene rings is 1. The summed E-state index contributed by atoms with van der Waals surface area (Å²) in [5.74, 6) is 0. The fraction of sp³-hybridized carbons (Fsp3) is 0.536. The summed E-state index contributed by atoms with van der Waals surface area (Å²) in [5.41, 5.74) is 7.15. The topological polar surface area (TPSA) is 12.9 Å². The minimum absolute atomic E-state index is 0.750. The quantitative estimate of drug-likeness (QED) is 0.402. The molecule has 1 heterocycles. The van der Waals surface area contributed by atoms with E-state index in [1.165, 1.54) is 35.1 Å². The largest absolute Gasteiger partial charge is 0.261 e. The molecule has 29 heavy (non-hydrogen) atoms. The molecule has 2 aromatic rings. The van der Waals surface area contributed by atoms with Crippen LogP contribution in [0.15, 0.2) is 49.2 Å². The zero-order valence-electron chi connectivity index (χ0n) is 21.6. The summed E-state index contributed by atoms with van der Waals surface area (Å²) in [6.45, 7) is 28.3. The van der Waals surface area contributed by atoms with E-state index in [0.717, 1.165) is 11.1 Å². The smallest absolute Gasteiger partial charge is 0.0372 e. The Morgan fingerprint density at radius 2 is 1.21 bits per heavy atom. The van der Waals surface area contributed by atoms with E-state index in [1.54, 1.807) is 6.08 Å². The predicted octanol–water partition coefficient (Wildman–Crippen LogP) is 9.36. The van der Waals surface area contributed by atoms with E-state index < -0.39 is 0 Å². The third-order valence-electron chi connectivity index (χ3n) is 3.97. The van der Waals surface area contributed by atoms with Crippen LogP contribution in [0.25, 0.3) is 0 Å². The maximum Gasteiger partial charge on any atom is 0.0372 e. The maximum atomic E-state index is 4.08. The summed E-state index contributed by atoms with van der Waals surface area (Å²) in [7, 11) is 0. The number of rotatable bonds is 0. The average Bonchev–Trinajstić information content (AvgIpc) is 3.40. The second-order valence-corrected chi connectivity index (χ2v) is 7.64. The number of aryl methyl sites for hydroxylation is 5. The fourth-order valence-electron chi connectivity index (χ4n) is 1.68. The van der Waals surface area contributed by atoms with Crippen LogP contribution in [0, 0.1) is 40.0 Å². The van der Waals surface area contributed by atoms with Gasteiger partial charge in [-0.3, -0.25) is 4.98 Å². The summed E-state index contributed by atoms with van der Waals surface area (Å²) in [6.07, 6.45) is 6.52. The first-order chi connectivity index (χ1) is 13.6. The van der Waals surface area contributed by atoms with Crippen molar-refractivity contribution in [3.63, 3.8) is 0 Å². The molecule has 1 aromatic carbocycles. The van der Waals surface area contributed by atoms with E-state index in [-0.39, 0.29) is 0 Å². The van der Waals surface area contributed by atoms with Crippen molar-refractivity contribution in [1.29, 1.82) is 0 Å². The number of hydrogen-bond donors (Lipinski definition) is 0. The van der Waals surface area contributed by atoms with E-state index in [9.17, 15) is 0 Å². The first-order valence-electron chi connectivity index (χ1n) is 11.1. The van der Waals surface area contributed by atoms with Gasteiger partial charge in [-0.15, -0.1) is 6.58 Å². The van der Waals surface area contributed by atoms with Gasteiger partial charge in [-0.05, 0) is 82.6 Å². The first kappa shape index (κ1) is 31.8. The highest BCUT2D eigenvalue weighted by molar-refractivity contribution is 5.28. The lowest BCUT2D eigenvalue weighted by Gasteiger charge is -1.98. The molecule has 0 saturated heterocycles. The van der Waals surface area contributed by atoms with Gasteiger partial charge in [0.2, 0.25) is 0 Å². The van der Waals surface area contributed by atoms with Crippen molar-refractivity contribution < 1.29 is 0 Å². The Morgan fingerprint density at radius 3 is 1.45 bits per heavy atom. The highest BCUT2D eigenvalue weighted by atomic mass is 14.6. The van der Waals surface area contributed by atoms with Gasteiger partial charge >= 0.3 is 0 Å². The average molecular weight is 400 g/mol. The Labute approximate surface area is 183 Å². The molecule has 0 unspecified atom stereocenters. The fourth-order valence-corrected chi connectivity index (χ4v) is 1.68. The zero-order valence-corrected chi connectivity index (χ0v) is 21.6. The van der Waals surface area contributed by atoms with Crippen molar-refractivity contribution in [1.82, 2.24) is 4.98 Å². The Bertz CT molecular complexity index is 594. The van der Waals surface area contributed by atoms with Gasteiger partial charge in [0, 0.05) is 11.9 Å². The Hall–Kier alpha value is -1.89. The highest BCUT2D eigenvalue weighted by Gasteiger charge is 2.30. The summed E-state index contributed by atoms with van der Waals surface area (Å²) in [5, 5.41) is 0. The molecule has 0 aliphatic heterocycles. The second kappa shape index (κ2) is 19.4. The Morgan fingerprint density at radius 1 is 0.793 bits per heavy atom. The lowest BCUT2D eigenvalue weighted by atomic mass is 10.1. The van der Waals surface area contributed by atoms with Crippen LogP contribution in [0.4, 0.5) is 0 Å². The van der Waals surface area contributed by atoms with Crippen LogP contribution in [0.5, 0.6) is 0 Å². The Kier molecular flexibility index (Phi) is 21.3. The third-order valence-corrected chi connectivity index (χ3v) is 3.97. The van der Waals surface area contributed by atoms with Gasteiger partial charge < -0.3 is 0 Å². The van der Waals surface area contributed by atoms with E-state index >= 15 is 0 Å². The van der Waals surface area contributed by atoms with Gasteiger partial charge in [-0.2, -0.15) is 0 Å². The van der Waals surface area contributed by atoms with Crippen LogP contribution in [-0.2, 0) is 0 Å². The molecule has 1 aliphatic rings. The van der Waals surface area contributed by atoms with Crippen molar-refractivity contribution >= 4 is 0 Å². The van der Waals surface area contributed by atoms with Crippen LogP contribution >= 0.6 is 0 Å². The number of allylic oxidation sites excluding steroid dienone is 1. The molecule has 0 bridgehead atoms. The van der Waals surface area contributed by atoms with Crippen LogP contribution in [0.2, 0.25) is 0 Å². The second-order valence-electron chi connectivity index (χ2n) is 7.64. The van der Waals surface area contributed by atoms with E-state index in [1.807, 2.05) is 60.7 Å². The van der Waals surface area contributed by atoms with E-state index in [2.05, 4.69) is 70.4 Å². The van der Waals surface area contributed by atoms with Gasteiger partial charge in [0.15, 0.2) is 0 Å². The number of aromatic nitrogens is 1. The minimum Gasteiger partial charge on any atom is -0.261 e. The van der Waals surface area contributed by atoms with Crippen LogP contribution in [-0.4, -0.2) is 4.98 Å². The third kappa shape index (κ3) is 22.3. The molecule has 0 N–H and O–H groups in total. The summed E-state index contributed by atoms with van der Waals surface area (Å²) >= 11 is 0. The molecule has 0 atom stereocenters. The van der Waals surface area contributed by atoms with E-state index in [4.69, 9.17) is 0 Å². The zero-order chi connectivity index (χ0) is 23.5. The molecular weight excluding hydrogens is 350 g/mol. The molecule has 1 saturated carbocycles. The molecule has 3 rings (SSSR count). The molecule has 1 aliphatic carbocycles.